The number of hydrogen-bond acceptors (Lipinski definition) is 4. The SMILES string of the molecule is Oc1ccc(Br)cc1C=NCc1ccc(CN2CCOCC2)cc1. The average molecular weight is 389 g/mol. The molecule has 0 aromatic heterocycles. The van der Waals surface area contributed by atoms with Crippen molar-refractivity contribution < 1.29 is 9.84 Å². The standard InChI is InChI=1S/C19H21BrN2O2/c20-18-5-6-19(23)17(11-18)13-21-12-15-1-3-16(4-2-15)14-22-7-9-24-10-8-22/h1-6,11,13,23H,7-10,12,14H2. The third-order valence-electron chi connectivity index (χ3n) is 4.03. The minimum absolute atomic E-state index is 0.239. The van der Waals surface area contributed by atoms with E-state index in [4.69, 9.17) is 4.74 Å². The van der Waals surface area contributed by atoms with Gasteiger partial charge in [0.25, 0.3) is 0 Å². The van der Waals surface area contributed by atoms with Gasteiger partial charge in [0.05, 0.1) is 19.8 Å². The third-order valence-corrected chi connectivity index (χ3v) is 4.52. The van der Waals surface area contributed by atoms with Crippen molar-refractivity contribution in [3.05, 3.63) is 63.6 Å². The average Bonchev–Trinajstić information content (AvgIpc) is 2.60. The minimum Gasteiger partial charge on any atom is -0.507 e. The van der Waals surface area contributed by atoms with Crippen LogP contribution in [-0.4, -0.2) is 42.5 Å². The number of aliphatic imine (C=N–C) groups is 1. The van der Waals surface area contributed by atoms with Crippen LogP contribution in [0.5, 0.6) is 5.75 Å². The molecule has 0 bridgehead atoms. The first kappa shape index (κ1) is 17.1. The molecule has 1 aliphatic heterocycles. The van der Waals surface area contributed by atoms with Crippen LogP contribution in [-0.2, 0) is 17.8 Å². The molecule has 24 heavy (non-hydrogen) atoms. The fraction of sp³-hybridized carbons (Fsp3) is 0.316. The number of benzene rings is 2. The molecule has 0 spiro atoms. The molecule has 1 N–H and O–H groups in total. The van der Waals surface area contributed by atoms with Crippen molar-refractivity contribution in [1.29, 1.82) is 0 Å². The second-order valence-electron chi connectivity index (χ2n) is 5.88. The van der Waals surface area contributed by atoms with E-state index in [2.05, 4.69) is 50.1 Å². The Morgan fingerprint density at radius 2 is 1.79 bits per heavy atom. The highest BCUT2D eigenvalue weighted by Gasteiger charge is 2.10. The predicted octanol–water partition coefficient (Wildman–Crippen LogP) is 3.61. The summed E-state index contributed by atoms with van der Waals surface area (Å²) in [5.41, 5.74) is 3.19. The molecule has 2 aromatic carbocycles. The number of morpholine rings is 1. The lowest BCUT2D eigenvalue weighted by atomic mass is 10.1. The number of halogens is 1. The number of phenolic OH excluding ortho intramolecular Hbond substituents is 1. The van der Waals surface area contributed by atoms with Gasteiger partial charge in [0.2, 0.25) is 0 Å². The molecule has 0 unspecified atom stereocenters. The zero-order valence-corrected chi connectivity index (χ0v) is 15.1. The van der Waals surface area contributed by atoms with Crippen molar-refractivity contribution in [1.82, 2.24) is 4.90 Å². The maximum absolute atomic E-state index is 9.80. The van der Waals surface area contributed by atoms with E-state index in [1.165, 1.54) is 5.56 Å². The van der Waals surface area contributed by atoms with Crippen LogP contribution in [0.4, 0.5) is 0 Å². The molecular weight excluding hydrogens is 368 g/mol. The normalized spacial score (nSPS) is 15.9. The van der Waals surface area contributed by atoms with Crippen LogP contribution in [0.25, 0.3) is 0 Å². The van der Waals surface area contributed by atoms with Crippen molar-refractivity contribution >= 4 is 22.1 Å². The van der Waals surface area contributed by atoms with Gasteiger partial charge in [-0.25, -0.2) is 0 Å². The van der Waals surface area contributed by atoms with Crippen LogP contribution >= 0.6 is 15.9 Å². The molecule has 1 aliphatic rings. The fourth-order valence-electron chi connectivity index (χ4n) is 2.65. The van der Waals surface area contributed by atoms with Crippen LogP contribution in [0, 0.1) is 0 Å². The quantitative estimate of drug-likeness (QED) is 0.795. The molecular formula is C19H21BrN2O2. The summed E-state index contributed by atoms with van der Waals surface area (Å²) in [6.45, 7) is 5.23. The highest BCUT2D eigenvalue weighted by molar-refractivity contribution is 9.10. The fourth-order valence-corrected chi connectivity index (χ4v) is 3.02. The van der Waals surface area contributed by atoms with Crippen molar-refractivity contribution in [2.24, 2.45) is 4.99 Å². The van der Waals surface area contributed by atoms with Crippen molar-refractivity contribution in [2.75, 3.05) is 26.3 Å². The molecule has 0 saturated carbocycles. The summed E-state index contributed by atoms with van der Waals surface area (Å²) < 4.78 is 6.30. The highest BCUT2D eigenvalue weighted by Crippen LogP contribution is 2.20. The molecule has 1 saturated heterocycles. The number of nitrogens with zero attached hydrogens (tertiary/aromatic N) is 2. The molecule has 1 heterocycles. The number of hydrogen-bond donors (Lipinski definition) is 1. The van der Waals surface area contributed by atoms with Gasteiger partial charge >= 0.3 is 0 Å². The van der Waals surface area contributed by atoms with Crippen molar-refractivity contribution in [3.8, 4) is 5.75 Å². The van der Waals surface area contributed by atoms with Crippen LogP contribution in [0.2, 0.25) is 0 Å². The lowest BCUT2D eigenvalue weighted by Crippen LogP contribution is -2.35. The smallest absolute Gasteiger partial charge is 0.124 e. The molecule has 0 aliphatic carbocycles. The maximum Gasteiger partial charge on any atom is 0.124 e. The molecule has 0 atom stereocenters. The van der Waals surface area contributed by atoms with Gasteiger partial charge in [-0.05, 0) is 29.3 Å². The summed E-state index contributed by atoms with van der Waals surface area (Å²) in [7, 11) is 0. The van der Waals surface area contributed by atoms with E-state index in [0.29, 0.717) is 12.1 Å². The zero-order valence-electron chi connectivity index (χ0n) is 13.5. The Bertz CT molecular complexity index is 695. The number of ether oxygens (including phenoxy) is 1. The van der Waals surface area contributed by atoms with E-state index in [1.54, 1.807) is 18.3 Å². The van der Waals surface area contributed by atoms with Gasteiger partial charge in [-0.2, -0.15) is 0 Å². The summed E-state index contributed by atoms with van der Waals surface area (Å²) >= 11 is 3.40. The van der Waals surface area contributed by atoms with Gasteiger partial charge in [0, 0.05) is 35.9 Å². The second kappa shape index (κ2) is 8.42. The lowest BCUT2D eigenvalue weighted by molar-refractivity contribution is 0.0342. The van der Waals surface area contributed by atoms with Crippen LogP contribution in [0.15, 0.2) is 51.9 Å². The van der Waals surface area contributed by atoms with Gasteiger partial charge < -0.3 is 9.84 Å². The highest BCUT2D eigenvalue weighted by atomic mass is 79.9. The summed E-state index contributed by atoms with van der Waals surface area (Å²) in [5.74, 6) is 0.239. The van der Waals surface area contributed by atoms with E-state index in [0.717, 1.165) is 42.9 Å². The van der Waals surface area contributed by atoms with Crippen LogP contribution < -0.4 is 0 Å². The summed E-state index contributed by atoms with van der Waals surface area (Å²) in [6, 6.07) is 13.9. The number of phenols is 1. The maximum atomic E-state index is 9.80. The van der Waals surface area contributed by atoms with Crippen LogP contribution in [0.1, 0.15) is 16.7 Å². The molecule has 1 fully saturated rings. The molecule has 3 rings (SSSR count). The van der Waals surface area contributed by atoms with Crippen molar-refractivity contribution in [3.63, 3.8) is 0 Å². The summed E-state index contributed by atoms with van der Waals surface area (Å²) in [5, 5.41) is 9.80. The summed E-state index contributed by atoms with van der Waals surface area (Å²) in [4.78, 5) is 6.84. The largest absolute Gasteiger partial charge is 0.507 e. The molecule has 2 aromatic rings. The number of aromatic hydroxyl groups is 1. The Kier molecular flexibility index (Phi) is 6.01. The van der Waals surface area contributed by atoms with E-state index < -0.39 is 0 Å². The minimum atomic E-state index is 0.239. The first-order valence-corrected chi connectivity index (χ1v) is 8.86. The topological polar surface area (TPSA) is 45.1 Å². The van der Waals surface area contributed by atoms with E-state index in [1.807, 2.05) is 6.07 Å². The van der Waals surface area contributed by atoms with E-state index in [-0.39, 0.29) is 5.75 Å². The Labute approximate surface area is 150 Å². The monoisotopic (exact) mass is 388 g/mol. The molecule has 5 heteroatoms. The Morgan fingerprint density at radius 3 is 2.54 bits per heavy atom. The Hall–Kier alpha value is -1.69. The first-order valence-electron chi connectivity index (χ1n) is 8.07. The second-order valence-corrected chi connectivity index (χ2v) is 6.79. The summed E-state index contributed by atoms with van der Waals surface area (Å²) in [6.07, 6.45) is 1.71. The molecule has 0 radical (unpaired) electrons. The molecule has 126 valence electrons. The Morgan fingerprint density at radius 1 is 1.08 bits per heavy atom. The van der Waals surface area contributed by atoms with E-state index >= 15 is 0 Å². The molecule has 4 nitrogen and oxygen atoms in total. The van der Waals surface area contributed by atoms with Gasteiger partial charge in [0.15, 0.2) is 0 Å². The van der Waals surface area contributed by atoms with E-state index in [9.17, 15) is 5.11 Å². The molecule has 0 amide bonds. The van der Waals surface area contributed by atoms with Gasteiger partial charge in [-0.3, -0.25) is 9.89 Å². The number of rotatable bonds is 5. The van der Waals surface area contributed by atoms with Gasteiger partial charge in [0.1, 0.15) is 5.75 Å². The lowest BCUT2D eigenvalue weighted by Gasteiger charge is -2.26. The Balaban J connectivity index is 1.55. The van der Waals surface area contributed by atoms with Gasteiger partial charge in [-0.1, -0.05) is 40.2 Å². The van der Waals surface area contributed by atoms with Crippen molar-refractivity contribution in [2.45, 2.75) is 13.1 Å². The first-order chi connectivity index (χ1) is 11.7. The zero-order chi connectivity index (χ0) is 16.8. The van der Waals surface area contributed by atoms with Gasteiger partial charge in [-0.15, -0.1) is 0 Å². The van der Waals surface area contributed by atoms with Crippen LogP contribution in [0.3, 0.4) is 0 Å². The predicted molar refractivity (Wildman–Crippen MR) is 99.6 cm³/mol. The third kappa shape index (κ3) is 4.90.